The third-order valence-electron chi connectivity index (χ3n) is 13.3. The minimum atomic E-state index is -0.761. The highest BCUT2D eigenvalue weighted by molar-refractivity contribution is 5.71. The molecule has 0 spiro atoms. The van der Waals surface area contributed by atoms with Crippen LogP contribution in [0.3, 0.4) is 0 Å². The summed E-state index contributed by atoms with van der Waals surface area (Å²) in [5, 5.41) is 0. The summed E-state index contributed by atoms with van der Waals surface area (Å²) in [6.07, 6.45) is 56.6. The standard InChI is InChI=1S/C58H112O6/c1-5-7-9-11-13-15-17-19-21-26-29-33-37-41-45-49-56(59)62-52-55(64-58(61)51-47-43-39-35-31-25-20-18-16-14-12-10-8-6-2)53-63-57(60)50-46-42-38-34-30-27-23-22-24-28-32-36-40-44-48-54(3)4/h54-55H,5-53H2,1-4H3/t55-/m1/s1. The molecule has 0 amide bonds. The first kappa shape index (κ1) is 62.4. The summed E-state index contributed by atoms with van der Waals surface area (Å²) in [7, 11) is 0. The number of ether oxygens (including phenoxy) is 3. The molecular weight excluding hydrogens is 793 g/mol. The van der Waals surface area contributed by atoms with Crippen LogP contribution >= 0.6 is 0 Å². The van der Waals surface area contributed by atoms with Gasteiger partial charge < -0.3 is 14.2 Å². The molecule has 0 fully saturated rings. The highest BCUT2D eigenvalue weighted by Crippen LogP contribution is 2.18. The van der Waals surface area contributed by atoms with Gasteiger partial charge in [0.05, 0.1) is 0 Å². The van der Waals surface area contributed by atoms with Crippen molar-refractivity contribution in [3.05, 3.63) is 0 Å². The number of hydrogen-bond acceptors (Lipinski definition) is 6. The van der Waals surface area contributed by atoms with Crippen LogP contribution in [0.2, 0.25) is 0 Å². The van der Waals surface area contributed by atoms with Crippen molar-refractivity contribution in [3.8, 4) is 0 Å². The van der Waals surface area contributed by atoms with Gasteiger partial charge in [-0.1, -0.05) is 291 Å². The van der Waals surface area contributed by atoms with Gasteiger partial charge >= 0.3 is 17.9 Å². The summed E-state index contributed by atoms with van der Waals surface area (Å²) in [4.78, 5) is 38.1. The third-order valence-corrected chi connectivity index (χ3v) is 13.3. The van der Waals surface area contributed by atoms with E-state index in [1.165, 1.54) is 225 Å². The van der Waals surface area contributed by atoms with Crippen LogP contribution in [-0.4, -0.2) is 37.2 Å². The average molecular weight is 906 g/mol. The Bertz CT molecular complexity index is 964. The SMILES string of the molecule is CCCCCCCCCCCCCCCCCC(=O)OC[C@H](COC(=O)CCCCCCCCCCCCCCCCC(C)C)OC(=O)CCCCCCCCCCCCCCCC. The number of hydrogen-bond donors (Lipinski definition) is 0. The lowest BCUT2D eigenvalue weighted by molar-refractivity contribution is -0.167. The van der Waals surface area contributed by atoms with Crippen molar-refractivity contribution in [3.63, 3.8) is 0 Å². The summed E-state index contributed by atoms with van der Waals surface area (Å²) in [5.74, 6) is 0.0102. The van der Waals surface area contributed by atoms with Crippen LogP contribution in [0.5, 0.6) is 0 Å². The van der Waals surface area contributed by atoms with Gasteiger partial charge in [-0.15, -0.1) is 0 Å². The molecule has 0 aliphatic heterocycles. The number of esters is 3. The quantitative estimate of drug-likeness (QED) is 0.0344. The van der Waals surface area contributed by atoms with Gasteiger partial charge in [-0.3, -0.25) is 14.4 Å². The van der Waals surface area contributed by atoms with E-state index in [-0.39, 0.29) is 31.1 Å². The summed E-state index contributed by atoms with van der Waals surface area (Å²) >= 11 is 0. The fourth-order valence-electron chi connectivity index (χ4n) is 8.92. The van der Waals surface area contributed by atoms with Crippen molar-refractivity contribution in [2.24, 2.45) is 5.92 Å². The minimum Gasteiger partial charge on any atom is -0.462 e. The van der Waals surface area contributed by atoms with Crippen LogP contribution in [0, 0.1) is 5.92 Å². The van der Waals surface area contributed by atoms with E-state index in [0.29, 0.717) is 19.3 Å². The maximum absolute atomic E-state index is 12.8. The van der Waals surface area contributed by atoms with E-state index in [0.717, 1.165) is 63.7 Å². The second-order valence-corrected chi connectivity index (χ2v) is 20.4. The molecule has 0 radical (unpaired) electrons. The lowest BCUT2D eigenvalue weighted by atomic mass is 10.0. The lowest BCUT2D eigenvalue weighted by Crippen LogP contribution is -2.30. The first-order valence-corrected chi connectivity index (χ1v) is 28.9. The average Bonchev–Trinajstić information content (AvgIpc) is 3.28. The Morgan fingerprint density at radius 2 is 0.516 bits per heavy atom. The molecule has 0 aliphatic carbocycles. The molecular formula is C58H112O6. The van der Waals surface area contributed by atoms with Gasteiger partial charge in [-0.2, -0.15) is 0 Å². The molecule has 0 N–H and O–H groups in total. The van der Waals surface area contributed by atoms with Crippen LogP contribution in [0.25, 0.3) is 0 Å². The Hall–Kier alpha value is -1.59. The molecule has 0 aliphatic rings. The van der Waals surface area contributed by atoms with Gasteiger partial charge in [0.1, 0.15) is 13.2 Å². The molecule has 0 aromatic heterocycles. The smallest absolute Gasteiger partial charge is 0.306 e. The molecule has 6 heteroatoms. The van der Waals surface area contributed by atoms with Crippen LogP contribution in [0.15, 0.2) is 0 Å². The molecule has 0 saturated heterocycles. The molecule has 0 heterocycles. The monoisotopic (exact) mass is 905 g/mol. The zero-order chi connectivity index (χ0) is 46.7. The van der Waals surface area contributed by atoms with Crippen molar-refractivity contribution in [1.29, 1.82) is 0 Å². The Morgan fingerprint density at radius 3 is 0.766 bits per heavy atom. The van der Waals surface area contributed by atoms with Crippen LogP contribution in [0.1, 0.15) is 329 Å². The van der Waals surface area contributed by atoms with Crippen LogP contribution < -0.4 is 0 Å². The molecule has 0 bridgehead atoms. The second-order valence-electron chi connectivity index (χ2n) is 20.4. The van der Waals surface area contributed by atoms with Crippen molar-refractivity contribution in [2.75, 3.05) is 13.2 Å². The van der Waals surface area contributed by atoms with E-state index in [1.807, 2.05) is 0 Å². The molecule has 0 aromatic carbocycles. The molecule has 0 rings (SSSR count). The molecule has 6 nitrogen and oxygen atoms in total. The maximum Gasteiger partial charge on any atom is 0.306 e. The largest absolute Gasteiger partial charge is 0.462 e. The van der Waals surface area contributed by atoms with Crippen molar-refractivity contribution < 1.29 is 28.6 Å². The van der Waals surface area contributed by atoms with Crippen molar-refractivity contribution in [1.82, 2.24) is 0 Å². The Balaban J connectivity index is 4.29. The number of carbonyl (C=O) groups excluding carboxylic acids is 3. The second kappa shape index (κ2) is 52.4. The van der Waals surface area contributed by atoms with Gasteiger partial charge in [0.2, 0.25) is 0 Å². The lowest BCUT2D eigenvalue weighted by Gasteiger charge is -2.18. The topological polar surface area (TPSA) is 78.9 Å². The van der Waals surface area contributed by atoms with E-state index in [9.17, 15) is 14.4 Å². The summed E-state index contributed by atoms with van der Waals surface area (Å²) in [6, 6.07) is 0. The fourth-order valence-corrected chi connectivity index (χ4v) is 8.92. The molecule has 380 valence electrons. The first-order valence-electron chi connectivity index (χ1n) is 28.9. The summed E-state index contributed by atoms with van der Waals surface area (Å²) < 4.78 is 16.9. The Labute approximate surface area is 399 Å². The number of unbranched alkanes of at least 4 members (excludes halogenated alkanes) is 40. The zero-order valence-corrected chi connectivity index (χ0v) is 43.8. The Morgan fingerprint density at radius 1 is 0.297 bits per heavy atom. The predicted octanol–water partition coefficient (Wildman–Crippen LogP) is 19.0. The molecule has 0 saturated carbocycles. The highest BCUT2D eigenvalue weighted by Gasteiger charge is 2.19. The van der Waals surface area contributed by atoms with Crippen molar-refractivity contribution >= 4 is 17.9 Å². The van der Waals surface area contributed by atoms with E-state index < -0.39 is 6.10 Å². The molecule has 64 heavy (non-hydrogen) atoms. The van der Waals surface area contributed by atoms with Gasteiger partial charge in [0.15, 0.2) is 6.10 Å². The maximum atomic E-state index is 12.8. The predicted molar refractivity (Wildman–Crippen MR) is 275 cm³/mol. The highest BCUT2D eigenvalue weighted by atomic mass is 16.6. The van der Waals surface area contributed by atoms with E-state index in [2.05, 4.69) is 27.7 Å². The van der Waals surface area contributed by atoms with Gasteiger partial charge in [-0.25, -0.2) is 0 Å². The van der Waals surface area contributed by atoms with E-state index in [1.54, 1.807) is 0 Å². The normalized spacial score (nSPS) is 12.0. The van der Waals surface area contributed by atoms with Gasteiger partial charge in [-0.05, 0) is 25.2 Å². The molecule has 0 aromatic rings. The van der Waals surface area contributed by atoms with Gasteiger partial charge in [0, 0.05) is 19.3 Å². The molecule has 0 unspecified atom stereocenters. The Kier molecular flexibility index (Phi) is 51.1. The fraction of sp³-hybridized carbons (Fsp3) is 0.948. The first-order chi connectivity index (χ1) is 31.4. The van der Waals surface area contributed by atoms with Crippen LogP contribution in [0.4, 0.5) is 0 Å². The van der Waals surface area contributed by atoms with E-state index >= 15 is 0 Å². The summed E-state index contributed by atoms with van der Waals surface area (Å²) in [5.41, 5.74) is 0. The van der Waals surface area contributed by atoms with Crippen molar-refractivity contribution in [2.45, 2.75) is 336 Å². The minimum absolute atomic E-state index is 0.0617. The zero-order valence-electron chi connectivity index (χ0n) is 43.8. The van der Waals surface area contributed by atoms with Gasteiger partial charge in [0.25, 0.3) is 0 Å². The number of carbonyl (C=O) groups is 3. The molecule has 1 atom stereocenters. The van der Waals surface area contributed by atoms with Crippen LogP contribution in [-0.2, 0) is 28.6 Å². The third kappa shape index (κ3) is 51.4. The number of rotatable bonds is 53. The summed E-state index contributed by atoms with van der Waals surface area (Å²) in [6.45, 7) is 9.07. The van der Waals surface area contributed by atoms with E-state index in [4.69, 9.17) is 14.2 Å².